The maximum Gasteiger partial charge on any atom is 0.229 e. The Balaban J connectivity index is 1.54. The zero-order chi connectivity index (χ0) is 19.4. The van der Waals surface area contributed by atoms with Crippen LogP contribution in [-0.2, 0) is 9.59 Å². The van der Waals surface area contributed by atoms with Gasteiger partial charge in [-0.25, -0.2) is 8.78 Å². The van der Waals surface area contributed by atoms with E-state index in [1.54, 1.807) is 11.9 Å². The van der Waals surface area contributed by atoms with Crippen molar-refractivity contribution < 1.29 is 18.4 Å². The summed E-state index contributed by atoms with van der Waals surface area (Å²) in [5.74, 6) is -2.45. The Morgan fingerprint density at radius 1 is 0.926 bits per heavy atom. The van der Waals surface area contributed by atoms with Crippen LogP contribution in [0.5, 0.6) is 0 Å². The van der Waals surface area contributed by atoms with Gasteiger partial charge in [-0.15, -0.1) is 0 Å². The molecule has 1 aliphatic carbocycles. The van der Waals surface area contributed by atoms with Crippen LogP contribution < -0.4 is 10.2 Å². The summed E-state index contributed by atoms with van der Waals surface area (Å²) in [6.07, 6.45) is 2.45. The third kappa shape index (κ3) is 4.51. The lowest BCUT2D eigenvalue weighted by Gasteiger charge is -2.30. The summed E-state index contributed by atoms with van der Waals surface area (Å²) in [6.45, 7) is 0. The molecule has 0 saturated heterocycles. The molecule has 0 unspecified atom stereocenters. The van der Waals surface area contributed by atoms with Crippen LogP contribution in [0.4, 0.5) is 20.2 Å². The summed E-state index contributed by atoms with van der Waals surface area (Å²) in [4.78, 5) is 26.7. The first kappa shape index (κ1) is 19.0. The molecule has 1 fully saturated rings. The second-order valence-corrected chi connectivity index (χ2v) is 6.90. The van der Waals surface area contributed by atoms with Gasteiger partial charge in [0.15, 0.2) is 11.6 Å². The molecule has 0 atom stereocenters. The van der Waals surface area contributed by atoms with Crippen LogP contribution >= 0.6 is 0 Å². The van der Waals surface area contributed by atoms with Crippen molar-refractivity contribution in [2.45, 2.75) is 25.7 Å². The Labute approximate surface area is 157 Å². The fourth-order valence-corrected chi connectivity index (χ4v) is 3.47. The van der Waals surface area contributed by atoms with Crippen LogP contribution in [0.15, 0.2) is 48.5 Å². The number of hydrogen-bond acceptors (Lipinski definition) is 2. The number of amides is 2. The van der Waals surface area contributed by atoms with Gasteiger partial charge in [-0.3, -0.25) is 9.59 Å². The number of anilines is 2. The van der Waals surface area contributed by atoms with Crippen LogP contribution in [0, 0.1) is 23.5 Å². The van der Waals surface area contributed by atoms with Crippen molar-refractivity contribution in [3.05, 3.63) is 60.2 Å². The minimum Gasteiger partial charge on any atom is -0.326 e. The molecule has 0 aliphatic heterocycles. The largest absolute Gasteiger partial charge is 0.326 e. The molecule has 1 aliphatic rings. The van der Waals surface area contributed by atoms with Crippen molar-refractivity contribution in [3.63, 3.8) is 0 Å². The molecule has 3 rings (SSSR count). The van der Waals surface area contributed by atoms with Gasteiger partial charge >= 0.3 is 0 Å². The summed E-state index contributed by atoms with van der Waals surface area (Å²) in [5, 5.41) is 2.63. The number of carbonyl (C=O) groups is 2. The molecule has 27 heavy (non-hydrogen) atoms. The van der Waals surface area contributed by atoms with E-state index in [1.807, 2.05) is 30.3 Å². The number of para-hydroxylation sites is 1. The SMILES string of the molecule is CN(C(=O)C1CCC(C(=O)Nc2ccc(F)c(F)c2)CC1)c1ccccc1. The first-order chi connectivity index (χ1) is 13.0. The van der Waals surface area contributed by atoms with Crippen LogP contribution in [0.25, 0.3) is 0 Å². The second-order valence-electron chi connectivity index (χ2n) is 6.90. The van der Waals surface area contributed by atoms with E-state index in [9.17, 15) is 18.4 Å². The van der Waals surface area contributed by atoms with Crippen LogP contribution in [-0.4, -0.2) is 18.9 Å². The number of carbonyl (C=O) groups excluding carboxylic acids is 2. The Kier molecular flexibility index (Phi) is 5.84. The lowest BCUT2D eigenvalue weighted by Crippen LogP contribution is -2.36. The molecule has 0 radical (unpaired) electrons. The quantitative estimate of drug-likeness (QED) is 0.866. The zero-order valence-corrected chi connectivity index (χ0v) is 15.1. The van der Waals surface area contributed by atoms with Gasteiger partial charge in [0, 0.05) is 36.3 Å². The van der Waals surface area contributed by atoms with Crippen molar-refractivity contribution >= 4 is 23.2 Å². The van der Waals surface area contributed by atoms with Crippen molar-refractivity contribution in [3.8, 4) is 0 Å². The highest BCUT2D eigenvalue weighted by Gasteiger charge is 2.31. The number of rotatable bonds is 4. The maximum atomic E-state index is 13.3. The van der Waals surface area contributed by atoms with E-state index in [1.165, 1.54) is 6.07 Å². The zero-order valence-electron chi connectivity index (χ0n) is 15.1. The predicted octanol–water partition coefficient (Wildman–Crippen LogP) is 4.37. The van der Waals surface area contributed by atoms with Crippen molar-refractivity contribution in [2.75, 3.05) is 17.3 Å². The summed E-state index contributed by atoms with van der Waals surface area (Å²) in [7, 11) is 1.76. The molecule has 142 valence electrons. The molecular formula is C21H22F2N2O2. The molecule has 0 bridgehead atoms. The topological polar surface area (TPSA) is 49.4 Å². The number of nitrogens with zero attached hydrogens (tertiary/aromatic N) is 1. The standard InChI is InChI=1S/C21H22F2N2O2/c1-25(17-5-3-2-4-6-17)21(27)15-9-7-14(8-10-15)20(26)24-16-11-12-18(22)19(23)13-16/h2-6,11-15H,7-10H2,1H3,(H,24,26). The molecule has 0 aromatic heterocycles. The van der Waals surface area contributed by atoms with E-state index in [4.69, 9.17) is 0 Å². The molecule has 6 heteroatoms. The number of nitrogens with one attached hydrogen (secondary N) is 1. The summed E-state index contributed by atoms with van der Waals surface area (Å²) >= 11 is 0. The normalized spacial score (nSPS) is 19.4. The van der Waals surface area contributed by atoms with Gasteiger partial charge in [0.1, 0.15) is 0 Å². The average molecular weight is 372 g/mol. The van der Waals surface area contributed by atoms with Gasteiger partial charge in [0.2, 0.25) is 11.8 Å². The van der Waals surface area contributed by atoms with Crippen LogP contribution in [0.3, 0.4) is 0 Å². The highest BCUT2D eigenvalue weighted by Crippen LogP contribution is 2.31. The van der Waals surface area contributed by atoms with E-state index in [0.717, 1.165) is 17.8 Å². The minimum absolute atomic E-state index is 0.0562. The second kappa shape index (κ2) is 8.29. The molecule has 4 nitrogen and oxygen atoms in total. The van der Waals surface area contributed by atoms with Gasteiger partial charge < -0.3 is 10.2 Å². The Bertz CT molecular complexity index is 818. The Morgan fingerprint density at radius 2 is 1.56 bits per heavy atom. The monoisotopic (exact) mass is 372 g/mol. The van der Waals surface area contributed by atoms with E-state index in [0.29, 0.717) is 25.7 Å². The number of benzene rings is 2. The highest BCUT2D eigenvalue weighted by atomic mass is 19.2. The van der Waals surface area contributed by atoms with E-state index < -0.39 is 11.6 Å². The Morgan fingerprint density at radius 3 is 2.19 bits per heavy atom. The molecule has 2 aromatic carbocycles. The fourth-order valence-electron chi connectivity index (χ4n) is 3.47. The lowest BCUT2D eigenvalue weighted by atomic mass is 9.81. The Hall–Kier alpha value is -2.76. The van der Waals surface area contributed by atoms with E-state index >= 15 is 0 Å². The number of hydrogen-bond donors (Lipinski definition) is 1. The van der Waals surface area contributed by atoms with Crippen LogP contribution in [0.2, 0.25) is 0 Å². The van der Waals surface area contributed by atoms with Crippen molar-refractivity contribution in [2.24, 2.45) is 11.8 Å². The third-order valence-electron chi connectivity index (χ3n) is 5.11. The minimum atomic E-state index is -0.994. The molecule has 2 amide bonds. The van der Waals surface area contributed by atoms with Gasteiger partial charge in [-0.05, 0) is 49.9 Å². The van der Waals surface area contributed by atoms with E-state index in [2.05, 4.69) is 5.32 Å². The summed E-state index contributed by atoms with van der Waals surface area (Å²) in [5.41, 5.74) is 1.08. The average Bonchev–Trinajstić information content (AvgIpc) is 2.70. The first-order valence-corrected chi connectivity index (χ1v) is 9.04. The molecule has 0 spiro atoms. The molecular weight excluding hydrogens is 350 g/mol. The van der Waals surface area contributed by atoms with Gasteiger partial charge in [-0.1, -0.05) is 18.2 Å². The van der Waals surface area contributed by atoms with Gasteiger partial charge in [-0.2, -0.15) is 0 Å². The van der Waals surface area contributed by atoms with Crippen molar-refractivity contribution in [1.82, 2.24) is 0 Å². The number of halogens is 2. The van der Waals surface area contributed by atoms with E-state index in [-0.39, 0.29) is 29.3 Å². The molecule has 1 saturated carbocycles. The third-order valence-corrected chi connectivity index (χ3v) is 5.11. The summed E-state index contributed by atoms with van der Waals surface area (Å²) in [6, 6.07) is 12.7. The van der Waals surface area contributed by atoms with Crippen LogP contribution in [0.1, 0.15) is 25.7 Å². The highest BCUT2D eigenvalue weighted by molar-refractivity contribution is 5.95. The predicted molar refractivity (Wildman–Crippen MR) is 100 cm³/mol. The lowest BCUT2D eigenvalue weighted by molar-refractivity contribution is -0.126. The first-order valence-electron chi connectivity index (χ1n) is 9.04. The van der Waals surface area contributed by atoms with Gasteiger partial charge in [0.25, 0.3) is 0 Å². The fraction of sp³-hybridized carbons (Fsp3) is 0.333. The van der Waals surface area contributed by atoms with Gasteiger partial charge in [0.05, 0.1) is 0 Å². The molecule has 2 aromatic rings. The molecule has 1 N–H and O–H groups in total. The smallest absolute Gasteiger partial charge is 0.229 e. The maximum absolute atomic E-state index is 13.3. The van der Waals surface area contributed by atoms with Crippen molar-refractivity contribution in [1.29, 1.82) is 0 Å². The molecule has 0 heterocycles. The summed E-state index contributed by atoms with van der Waals surface area (Å²) < 4.78 is 26.2.